The van der Waals surface area contributed by atoms with Crippen LogP contribution in [0.4, 0.5) is 19.1 Å². The van der Waals surface area contributed by atoms with Crippen LogP contribution < -0.4 is 10.2 Å². The predicted octanol–water partition coefficient (Wildman–Crippen LogP) is 5.14. The number of nitrogens with one attached hydrogen (secondary N) is 1. The van der Waals surface area contributed by atoms with Gasteiger partial charge in [-0.05, 0) is 35.6 Å². The molecule has 1 saturated heterocycles. The Morgan fingerprint density at radius 1 is 1.31 bits per heavy atom. The average molecular weight is 505 g/mol. The van der Waals surface area contributed by atoms with E-state index in [2.05, 4.69) is 15.3 Å². The summed E-state index contributed by atoms with van der Waals surface area (Å²) >= 11 is 13.2. The van der Waals surface area contributed by atoms with Crippen LogP contribution >= 0.6 is 34.5 Å². The number of carboxylic acids is 1. The van der Waals surface area contributed by atoms with E-state index in [0.29, 0.717) is 15.4 Å². The maximum absolute atomic E-state index is 14.1. The van der Waals surface area contributed by atoms with Crippen LogP contribution in [0.1, 0.15) is 18.4 Å². The van der Waals surface area contributed by atoms with Crippen LogP contribution in [0.15, 0.2) is 35.8 Å². The Balaban J connectivity index is 1.61. The summed E-state index contributed by atoms with van der Waals surface area (Å²) in [5, 5.41) is 15.9. The molecule has 2 atom stereocenters. The molecular formula is C20H17Cl2F3N4O2S. The minimum atomic E-state index is -4.68. The van der Waals surface area contributed by atoms with Gasteiger partial charge in [-0.2, -0.15) is 13.2 Å². The molecule has 12 heteroatoms. The first-order valence-electron chi connectivity index (χ1n) is 9.55. The van der Waals surface area contributed by atoms with E-state index in [1.165, 1.54) is 17.5 Å². The molecule has 6 nitrogen and oxygen atoms in total. The largest absolute Gasteiger partial charge is 0.480 e. The molecule has 2 unspecified atom stereocenters. The van der Waals surface area contributed by atoms with Gasteiger partial charge in [0.1, 0.15) is 16.4 Å². The first kappa shape index (κ1) is 23.0. The highest BCUT2D eigenvalue weighted by atomic mass is 35.5. The number of thiophene rings is 1. The molecule has 1 aromatic carbocycles. The van der Waals surface area contributed by atoms with E-state index in [-0.39, 0.29) is 30.5 Å². The van der Waals surface area contributed by atoms with Gasteiger partial charge in [0.25, 0.3) is 0 Å². The molecule has 0 amide bonds. The van der Waals surface area contributed by atoms with Crippen LogP contribution in [0.25, 0.3) is 10.2 Å². The number of hydrogen-bond acceptors (Lipinski definition) is 6. The first-order chi connectivity index (χ1) is 15.1. The van der Waals surface area contributed by atoms with Crippen molar-refractivity contribution < 1.29 is 23.1 Å². The second kappa shape index (κ2) is 8.66. The molecular weight excluding hydrogens is 488 g/mol. The average Bonchev–Trinajstić information content (AvgIpc) is 3.21. The zero-order valence-corrected chi connectivity index (χ0v) is 18.7. The van der Waals surface area contributed by atoms with Gasteiger partial charge >= 0.3 is 12.1 Å². The molecule has 4 rings (SSSR count). The highest BCUT2D eigenvalue weighted by Crippen LogP contribution is 2.39. The van der Waals surface area contributed by atoms with Crippen molar-refractivity contribution >= 4 is 56.7 Å². The lowest BCUT2D eigenvalue weighted by molar-refractivity contribution is -0.166. The van der Waals surface area contributed by atoms with E-state index >= 15 is 0 Å². The van der Waals surface area contributed by atoms with Gasteiger partial charge in [0.2, 0.25) is 5.95 Å². The Kier molecular flexibility index (Phi) is 6.23. The van der Waals surface area contributed by atoms with Crippen LogP contribution in [0.5, 0.6) is 0 Å². The van der Waals surface area contributed by atoms with Crippen LogP contribution in [-0.4, -0.2) is 45.3 Å². The van der Waals surface area contributed by atoms with E-state index in [9.17, 15) is 23.1 Å². The van der Waals surface area contributed by atoms with E-state index in [4.69, 9.17) is 23.2 Å². The summed E-state index contributed by atoms with van der Waals surface area (Å²) in [4.78, 5) is 22.1. The molecule has 1 aliphatic heterocycles. The summed E-state index contributed by atoms with van der Waals surface area (Å²) in [6.45, 7) is -0.160. The molecule has 2 aromatic heterocycles. The Bertz CT molecular complexity index is 1160. The third-order valence-corrected chi connectivity index (χ3v) is 7.11. The summed E-state index contributed by atoms with van der Waals surface area (Å²) in [6, 6.07) is 4.45. The number of aromatic nitrogens is 2. The van der Waals surface area contributed by atoms with Crippen molar-refractivity contribution in [3.8, 4) is 0 Å². The molecule has 2 N–H and O–H groups in total. The topological polar surface area (TPSA) is 78.4 Å². The first-order valence-corrected chi connectivity index (χ1v) is 11.2. The van der Waals surface area contributed by atoms with Crippen LogP contribution in [-0.2, 0) is 11.3 Å². The quantitative estimate of drug-likeness (QED) is 0.500. The summed E-state index contributed by atoms with van der Waals surface area (Å²) in [7, 11) is 0. The third-order valence-electron chi connectivity index (χ3n) is 5.55. The normalized spacial score (nSPS) is 21.8. The SMILES string of the molecule is O=C(O)C1(NCc2ccc(Cl)c(Cl)c2)CCN(c2ncc3ccsc3n2)C(C(F)(F)F)C1. The minimum absolute atomic E-state index is 0.0193. The molecule has 1 fully saturated rings. The molecule has 0 saturated carbocycles. The lowest BCUT2D eigenvalue weighted by Gasteiger charge is -2.45. The Morgan fingerprint density at radius 2 is 2.09 bits per heavy atom. The fourth-order valence-corrected chi connectivity index (χ4v) is 4.83. The van der Waals surface area contributed by atoms with Crippen molar-refractivity contribution in [2.75, 3.05) is 11.4 Å². The molecule has 0 bridgehead atoms. The van der Waals surface area contributed by atoms with E-state index < -0.39 is 30.1 Å². The van der Waals surface area contributed by atoms with Gasteiger partial charge in [-0.1, -0.05) is 29.3 Å². The molecule has 0 spiro atoms. The van der Waals surface area contributed by atoms with Crippen LogP contribution in [0.3, 0.4) is 0 Å². The molecule has 3 aromatic rings. The Labute approximate surface area is 195 Å². The number of nitrogens with zero attached hydrogens (tertiary/aromatic N) is 3. The maximum Gasteiger partial charge on any atom is 0.408 e. The molecule has 3 heterocycles. The number of rotatable bonds is 5. The smallest absolute Gasteiger partial charge is 0.408 e. The van der Waals surface area contributed by atoms with Crippen molar-refractivity contribution in [2.45, 2.75) is 37.1 Å². The Morgan fingerprint density at radius 3 is 2.78 bits per heavy atom. The number of hydrogen-bond donors (Lipinski definition) is 2. The maximum atomic E-state index is 14.1. The summed E-state index contributed by atoms with van der Waals surface area (Å²) < 4.78 is 42.2. The molecule has 170 valence electrons. The molecule has 32 heavy (non-hydrogen) atoms. The lowest BCUT2D eigenvalue weighted by Crippen LogP contribution is -2.64. The van der Waals surface area contributed by atoms with Crippen molar-refractivity contribution in [3.05, 3.63) is 51.5 Å². The zero-order chi connectivity index (χ0) is 23.1. The van der Waals surface area contributed by atoms with Crippen LogP contribution in [0.2, 0.25) is 10.0 Å². The summed E-state index contributed by atoms with van der Waals surface area (Å²) in [5.41, 5.74) is -1.17. The predicted molar refractivity (Wildman–Crippen MR) is 118 cm³/mol. The number of aliphatic carboxylic acids is 1. The van der Waals surface area contributed by atoms with Gasteiger partial charge in [-0.3, -0.25) is 10.1 Å². The van der Waals surface area contributed by atoms with Gasteiger partial charge in [0.15, 0.2) is 0 Å². The van der Waals surface area contributed by atoms with E-state index in [1.54, 1.807) is 29.6 Å². The van der Waals surface area contributed by atoms with E-state index in [0.717, 1.165) is 10.3 Å². The summed E-state index contributed by atoms with van der Waals surface area (Å²) in [5.74, 6) is -1.41. The molecule has 1 aliphatic rings. The highest BCUT2D eigenvalue weighted by molar-refractivity contribution is 7.16. The number of carbonyl (C=O) groups is 1. The number of halogens is 5. The molecule has 0 radical (unpaired) electrons. The Hall–Kier alpha value is -2.14. The van der Waals surface area contributed by atoms with Crippen LogP contribution in [0, 0.1) is 0 Å². The number of carboxylic acid groups (broad SMARTS) is 1. The number of alkyl halides is 3. The fourth-order valence-electron chi connectivity index (χ4n) is 3.78. The van der Waals surface area contributed by atoms with Gasteiger partial charge < -0.3 is 10.0 Å². The zero-order valence-electron chi connectivity index (χ0n) is 16.4. The number of piperidine rings is 1. The minimum Gasteiger partial charge on any atom is -0.480 e. The van der Waals surface area contributed by atoms with Crippen molar-refractivity contribution in [3.63, 3.8) is 0 Å². The van der Waals surface area contributed by atoms with E-state index in [1.807, 2.05) is 0 Å². The van der Waals surface area contributed by atoms with Crippen molar-refractivity contribution in [1.29, 1.82) is 0 Å². The number of anilines is 1. The highest BCUT2D eigenvalue weighted by Gasteiger charge is 2.55. The van der Waals surface area contributed by atoms with Gasteiger partial charge in [-0.15, -0.1) is 11.3 Å². The third kappa shape index (κ3) is 4.50. The second-order valence-electron chi connectivity index (χ2n) is 7.55. The standard InChI is InChI=1S/C20H17Cl2F3N4O2S/c21-13-2-1-11(7-14(13)22)9-27-19(17(30)31)4-5-29(15(8-19)20(23,24)25)18-26-10-12-3-6-32-16(12)28-18/h1-3,6-7,10,15,27H,4-5,8-9H2,(H,30,31). The second-order valence-corrected chi connectivity index (χ2v) is 9.25. The van der Waals surface area contributed by atoms with Gasteiger partial charge in [0, 0.05) is 31.1 Å². The van der Waals surface area contributed by atoms with Gasteiger partial charge in [-0.25, -0.2) is 9.97 Å². The summed E-state index contributed by atoms with van der Waals surface area (Å²) in [6.07, 6.45) is -3.97. The van der Waals surface area contributed by atoms with Crippen molar-refractivity contribution in [1.82, 2.24) is 15.3 Å². The van der Waals surface area contributed by atoms with Crippen molar-refractivity contribution in [2.24, 2.45) is 0 Å². The lowest BCUT2D eigenvalue weighted by atomic mass is 9.82. The molecule has 0 aliphatic carbocycles. The number of benzene rings is 1. The monoisotopic (exact) mass is 504 g/mol. The fraction of sp³-hybridized carbons (Fsp3) is 0.350. The van der Waals surface area contributed by atoms with Gasteiger partial charge in [0.05, 0.1) is 10.0 Å². The number of fused-ring (bicyclic) bond motifs is 1.